The lowest BCUT2D eigenvalue weighted by Gasteiger charge is -2.36. The van der Waals surface area contributed by atoms with Gasteiger partial charge in [0.15, 0.2) is 17.5 Å². The normalized spacial score (nSPS) is 16.7. The minimum atomic E-state index is -1.34. The van der Waals surface area contributed by atoms with Gasteiger partial charge in [0, 0.05) is 29.7 Å². The van der Waals surface area contributed by atoms with Gasteiger partial charge in [-0.3, -0.25) is 4.90 Å². The van der Waals surface area contributed by atoms with Crippen molar-refractivity contribution in [2.24, 2.45) is 5.92 Å². The van der Waals surface area contributed by atoms with Gasteiger partial charge in [0.2, 0.25) is 5.95 Å². The number of anilines is 2. The second-order valence-electron chi connectivity index (χ2n) is 12.0. The monoisotopic (exact) mass is 595 g/mol. The second-order valence-corrected chi connectivity index (χ2v) is 12.0. The minimum absolute atomic E-state index is 0.0175. The van der Waals surface area contributed by atoms with Crippen molar-refractivity contribution in [1.29, 1.82) is 5.26 Å². The molecule has 2 heterocycles. The van der Waals surface area contributed by atoms with Gasteiger partial charge in [-0.25, -0.2) is 32.4 Å². The third kappa shape index (κ3) is 5.57. The van der Waals surface area contributed by atoms with Crippen molar-refractivity contribution in [2.45, 2.75) is 45.6 Å². The van der Waals surface area contributed by atoms with E-state index in [-0.39, 0.29) is 17.2 Å². The number of esters is 1. The van der Waals surface area contributed by atoms with E-state index in [0.717, 1.165) is 47.3 Å². The molecule has 1 fully saturated rings. The maximum Gasteiger partial charge on any atom is 0.345 e. The van der Waals surface area contributed by atoms with E-state index in [1.165, 1.54) is 31.4 Å². The van der Waals surface area contributed by atoms with Gasteiger partial charge in [-0.2, -0.15) is 5.26 Å². The lowest BCUT2D eigenvalue weighted by molar-refractivity contribution is -0.892. The fourth-order valence-electron chi connectivity index (χ4n) is 6.06. The Morgan fingerprint density at radius 1 is 1.19 bits per heavy atom. The predicted octanol–water partition coefficient (Wildman–Crippen LogP) is 4.78. The third-order valence-electron chi connectivity index (χ3n) is 8.37. The second kappa shape index (κ2) is 11.4. The van der Waals surface area contributed by atoms with E-state index in [0.29, 0.717) is 23.6 Å². The number of halogens is 3. The quantitative estimate of drug-likeness (QED) is 0.217. The van der Waals surface area contributed by atoms with E-state index < -0.39 is 46.4 Å². The number of benzene rings is 2. The summed E-state index contributed by atoms with van der Waals surface area (Å²) in [7, 11) is 5.57. The van der Waals surface area contributed by atoms with Crippen LogP contribution in [-0.2, 0) is 16.0 Å². The lowest BCUT2D eigenvalue weighted by atomic mass is 9.88. The summed E-state index contributed by atoms with van der Waals surface area (Å²) >= 11 is 0. The van der Waals surface area contributed by atoms with Crippen LogP contribution in [0, 0.1) is 41.6 Å². The fraction of sp³-hybridized carbons (Fsp3) is 0.419. The third-order valence-corrected chi connectivity index (χ3v) is 8.37. The number of carbonyl (C=O) groups excluding carboxylic acids is 1. The molecule has 5 rings (SSSR count). The Balaban J connectivity index is 1.66. The number of quaternary nitrogens is 1. The van der Waals surface area contributed by atoms with Crippen LogP contribution in [0.2, 0.25) is 0 Å². The number of nitrogens with one attached hydrogen (secondary N) is 1. The zero-order chi connectivity index (χ0) is 31.2. The number of hydrogen-bond acceptors (Lipinski definition) is 6. The van der Waals surface area contributed by atoms with Gasteiger partial charge in [0.1, 0.15) is 6.04 Å². The van der Waals surface area contributed by atoms with Crippen molar-refractivity contribution in [3.8, 4) is 6.07 Å². The molecule has 1 aliphatic carbocycles. The van der Waals surface area contributed by atoms with Crippen LogP contribution in [0.15, 0.2) is 40.3 Å². The van der Waals surface area contributed by atoms with Gasteiger partial charge in [-0.05, 0) is 56.4 Å². The molecular formula is C31H34F3N6O3+. The molecule has 2 aliphatic rings. The van der Waals surface area contributed by atoms with E-state index in [1.54, 1.807) is 18.2 Å². The molecule has 0 amide bonds. The molecule has 43 heavy (non-hydrogen) atoms. The molecule has 1 saturated carbocycles. The first-order valence-electron chi connectivity index (χ1n) is 14.1. The number of hydrogen-bond donors (Lipinski definition) is 1. The van der Waals surface area contributed by atoms with Crippen LogP contribution in [-0.4, -0.2) is 59.5 Å². The molecule has 1 N–H and O–H groups in total. The molecule has 0 spiro atoms. The molecule has 1 atom stereocenters. The van der Waals surface area contributed by atoms with Crippen LogP contribution in [0.1, 0.15) is 54.5 Å². The van der Waals surface area contributed by atoms with Gasteiger partial charge >= 0.3 is 11.7 Å². The van der Waals surface area contributed by atoms with Crippen molar-refractivity contribution in [1.82, 2.24) is 14.8 Å². The van der Waals surface area contributed by atoms with Gasteiger partial charge in [-0.15, -0.1) is 5.10 Å². The first-order chi connectivity index (χ1) is 20.4. The average Bonchev–Trinajstić information content (AvgIpc) is 3.70. The highest BCUT2D eigenvalue weighted by Crippen LogP contribution is 2.44. The maximum atomic E-state index is 15.5. The number of aryl methyl sites for hydroxylation is 1. The van der Waals surface area contributed by atoms with Crippen molar-refractivity contribution in [3.05, 3.63) is 85.7 Å². The SMILES string of the molecule is COC(=O)C1=C(C)N(c2cc(F)c(F)c(C)c2F)c2n[nH]c(=O)n2C1c1ccc(C#N)cc1CCC[N+](C)(C)CC1CC1. The number of H-pyrrole nitrogens is 1. The Bertz CT molecular complexity index is 1730. The Kier molecular flexibility index (Phi) is 7.96. The summed E-state index contributed by atoms with van der Waals surface area (Å²) in [4.78, 5) is 27.8. The highest BCUT2D eigenvalue weighted by atomic mass is 19.2. The molecule has 0 bridgehead atoms. The number of nitrogens with zero attached hydrogens (tertiary/aromatic N) is 5. The minimum Gasteiger partial charge on any atom is -0.466 e. The van der Waals surface area contributed by atoms with Gasteiger partial charge in [0.05, 0.1) is 57.2 Å². The number of aromatic nitrogens is 3. The number of rotatable bonds is 9. The Labute approximate surface area is 247 Å². The van der Waals surface area contributed by atoms with Gasteiger partial charge in [0.25, 0.3) is 0 Å². The molecule has 12 heteroatoms. The van der Waals surface area contributed by atoms with Crippen LogP contribution < -0.4 is 10.6 Å². The molecule has 1 aliphatic heterocycles. The van der Waals surface area contributed by atoms with E-state index in [2.05, 4.69) is 30.4 Å². The summed E-state index contributed by atoms with van der Waals surface area (Å²) < 4.78 is 51.4. The summed E-state index contributed by atoms with van der Waals surface area (Å²) in [6.45, 7) is 4.57. The largest absolute Gasteiger partial charge is 0.466 e. The van der Waals surface area contributed by atoms with E-state index in [1.807, 2.05) is 0 Å². The number of ether oxygens (including phenoxy) is 1. The Morgan fingerprint density at radius 2 is 1.91 bits per heavy atom. The van der Waals surface area contributed by atoms with Gasteiger partial charge < -0.3 is 9.22 Å². The number of allylic oxidation sites excluding steroid dienone is 1. The molecule has 9 nitrogen and oxygen atoms in total. The molecule has 1 unspecified atom stereocenters. The maximum absolute atomic E-state index is 15.5. The van der Waals surface area contributed by atoms with Crippen LogP contribution in [0.4, 0.5) is 24.8 Å². The number of methoxy groups -OCH3 is 1. The van der Waals surface area contributed by atoms with Crippen LogP contribution in [0.25, 0.3) is 0 Å². The van der Waals surface area contributed by atoms with Crippen molar-refractivity contribution < 1.29 is 27.2 Å². The zero-order valence-corrected chi connectivity index (χ0v) is 24.8. The highest BCUT2D eigenvalue weighted by Gasteiger charge is 2.41. The first kappa shape index (κ1) is 30.1. The standard InChI is InChI=1S/C31H33F3N6O3/c1-17-26(33)23(32)14-24(27(17)34)38-18(2)25(29(41)43-5)28(39-30(38)36-37-31(39)42)22-11-10-20(15-35)13-21(22)7-6-12-40(3,4)16-19-8-9-19/h10-11,13-14,19,28H,6-9,12,16H2,1-5H3/p+1. The van der Waals surface area contributed by atoms with Gasteiger partial charge in [-0.1, -0.05) is 6.07 Å². The predicted molar refractivity (Wildman–Crippen MR) is 153 cm³/mol. The molecule has 1 aromatic heterocycles. The number of aromatic amines is 1. The zero-order valence-electron chi connectivity index (χ0n) is 24.8. The Morgan fingerprint density at radius 3 is 2.56 bits per heavy atom. The summed E-state index contributed by atoms with van der Waals surface area (Å²) in [5.74, 6) is -3.89. The lowest BCUT2D eigenvalue weighted by Crippen LogP contribution is -2.42. The van der Waals surface area contributed by atoms with Crippen LogP contribution in [0.3, 0.4) is 0 Å². The topological polar surface area (TPSA) is 104 Å². The number of nitriles is 1. The average molecular weight is 596 g/mol. The first-order valence-corrected chi connectivity index (χ1v) is 14.1. The summed E-state index contributed by atoms with van der Waals surface area (Å²) in [5, 5.41) is 16.1. The van der Waals surface area contributed by atoms with E-state index in [4.69, 9.17) is 4.74 Å². The molecular weight excluding hydrogens is 561 g/mol. The Hall–Kier alpha value is -4.37. The molecule has 3 aromatic rings. The van der Waals surface area contributed by atoms with Crippen molar-refractivity contribution >= 4 is 17.6 Å². The summed E-state index contributed by atoms with van der Waals surface area (Å²) in [6.07, 6.45) is 3.85. The molecule has 0 saturated heterocycles. The van der Waals surface area contributed by atoms with Crippen molar-refractivity contribution in [2.75, 3.05) is 39.2 Å². The van der Waals surface area contributed by atoms with Crippen molar-refractivity contribution in [3.63, 3.8) is 0 Å². The fourth-order valence-corrected chi connectivity index (χ4v) is 6.06. The van der Waals surface area contributed by atoms with Crippen LogP contribution >= 0.6 is 0 Å². The van der Waals surface area contributed by atoms with Crippen LogP contribution in [0.5, 0.6) is 0 Å². The van der Waals surface area contributed by atoms with E-state index >= 15 is 4.39 Å². The highest BCUT2D eigenvalue weighted by molar-refractivity contribution is 5.93. The molecule has 2 aromatic carbocycles. The number of carbonyl (C=O) groups is 1. The number of fused-ring (bicyclic) bond motifs is 1. The smallest absolute Gasteiger partial charge is 0.345 e. The molecule has 226 valence electrons. The van der Waals surface area contributed by atoms with E-state index in [9.17, 15) is 23.6 Å². The summed E-state index contributed by atoms with van der Waals surface area (Å²) in [6, 6.07) is 6.80. The molecule has 0 radical (unpaired) electrons. The summed E-state index contributed by atoms with van der Waals surface area (Å²) in [5.41, 5.74) is 0.139.